The standard InChI is InChI=1S/C22H22N4O6S/c1-3-18(15-8-10-16(27)11-9-15)23-24-19-13-12-17(14-21(19)26(28)29)33(30,31)25-20-6-4-5-7-22(20)32-2/h4-14,24-25,27H,3H2,1-2H3. The van der Waals surface area contributed by atoms with Crippen LogP contribution >= 0.6 is 0 Å². The summed E-state index contributed by atoms with van der Waals surface area (Å²) in [5, 5.41) is 25.3. The van der Waals surface area contributed by atoms with Crippen molar-refractivity contribution in [3.63, 3.8) is 0 Å². The summed E-state index contributed by atoms with van der Waals surface area (Å²) in [6.07, 6.45) is 0.515. The number of nitro benzene ring substituents is 1. The van der Waals surface area contributed by atoms with Crippen LogP contribution in [-0.4, -0.2) is 31.3 Å². The number of methoxy groups -OCH3 is 1. The molecule has 0 radical (unpaired) electrons. The van der Waals surface area contributed by atoms with Crippen molar-refractivity contribution in [3.05, 3.63) is 82.4 Å². The quantitative estimate of drug-likeness (QED) is 0.240. The SMILES string of the molecule is CCC(=NNc1ccc(S(=O)(=O)Nc2ccccc2OC)cc1[N+](=O)[O-])c1ccc(O)cc1. The molecule has 172 valence electrons. The van der Waals surface area contributed by atoms with E-state index >= 15 is 0 Å². The lowest BCUT2D eigenvalue weighted by atomic mass is 10.1. The molecule has 10 nitrogen and oxygen atoms in total. The molecule has 0 fully saturated rings. The number of phenols is 1. The number of phenolic OH excluding ortho intramolecular Hbond substituents is 1. The summed E-state index contributed by atoms with van der Waals surface area (Å²) >= 11 is 0. The van der Waals surface area contributed by atoms with Crippen LogP contribution in [0, 0.1) is 10.1 Å². The monoisotopic (exact) mass is 470 g/mol. The number of rotatable bonds is 9. The zero-order valence-corrected chi connectivity index (χ0v) is 18.7. The molecule has 0 saturated heterocycles. The predicted octanol–water partition coefficient (Wildman–Crippen LogP) is 4.34. The van der Waals surface area contributed by atoms with Crippen molar-refractivity contribution in [1.82, 2.24) is 0 Å². The molecule has 3 rings (SSSR count). The number of ether oxygens (including phenoxy) is 1. The van der Waals surface area contributed by atoms with Gasteiger partial charge < -0.3 is 9.84 Å². The predicted molar refractivity (Wildman–Crippen MR) is 125 cm³/mol. The third-order valence-corrected chi connectivity index (χ3v) is 6.04. The summed E-state index contributed by atoms with van der Waals surface area (Å²) in [6.45, 7) is 1.86. The Morgan fingerprint density at radius 3 is 2.42 bits per heavy atom. The van der Waals surface area contributed by atoms with Crippen molar-refractivity contribution in [2.24, 2.45) is 5.10 Å². The third kappa shape index (κ3) is 5.57. The highest BCUT2D eigenvalue weighted by molar-refractivity contribution is 7.92. The van der Waals surface area contributed by atoms with Crippen LogP contribution in [0.3, 0.4) is 0 Å². The van der Waals surface area contributed by atoms with E-state index in [1.807, 2.05) is 6.92 Å². The maximum Gasteiger partial charge on any atom is 0.295 e. The number of hydrazone groups is 1. The summed E-state index contributed by atoms with van der Waals surface area (Å²) in [5.74, 6) is 0.417. The topological polar surface area (TPSA) is 143 Å². The molecule has 0 bridgehead atoms. The molecule has 0 aliphatic carbocycles. The number of nitro groups is 1. The Bertz CT molecular complexity index is 1290. The molecule has 0 spiro atoms. The van der Waals surface area contributed by atoms with Crippen molar-refractivity contribution in [2.45, 2.75) is 18.2 Å². The second-order valence-corrected chi connectivity index (χ2v) is 8.49. The lowest BCUT2D eigenvalue weighted by Gasteiger charge is -2.12. The van der Waals surface area contributed by atoms with Crippen LogP contribution in [0.25, 0.3) is 0 Å². The largest absolute Gasteiger partial charge is 0.508 e. The highest BCUT2D eigenvalue weighted by Gasteiger charge is 2.22. The Labute approximate surface area is 190 Å². The van der Waals surface area contributed by atoms with E-state index in [0.717, 1.165) is 11.6 Å². The molecule has 0 amide bonds. The van der Waals surface area contributed by atoms with E-state index in [-0.39, 0.29) is 22.0 Å². The molecule has 0 unspecified atom stereocenters. The van der Waals surface area contributed by atoms with E-state index in [1.165, 1.54) is 37.4 Å². The maximum absolute atomic E-state index is 12.8. The van der Waals surface area contributed by atoms with Crippen LogP contribution in [0.15, 0.2) is 76.7 Å². The number of para-hydroxylation sites is 2. The van der Waals surface area contributed by atoms with E-state index in [1.54, 1.807) is 30.3 Å². The van der Waals surface area contributed by atoms with E-state index < -0.39 is 20.6 Å². The Kier molecular flexibility index (Phi) is 7.13. The number of nitrogens with one attached hydrogen (secondary N) is 2. The molecule has 0 aliphatic heterocycles. The van der Waals surface area contributed by atoms with Crippen molar-refractivity contribution in [3.8, 4) is 11.5 Å². The normalized spacial score (nSPS) is 11.6. The molecule has 0 aromatic heterocycles. The van der Waals surface area contributed by atoms with Gasteiger partial charge in [-0.3, -0.25) is 20.3 Å². The van der Waals surface area contributed by atoms with E-state index in [4.69, 9.17) is 4.74 Å². The minimum absolute atomic E-state index is 0.0287. The van der Waals surface area contributed by atoms with Gasteiger partial charge in [0.1, 0.15) is 17.2 Å². The Balaban J connectivity index is 1.91. The highest BCUT2D eigenvalue weighted by Crippen LogP contribution is 2.31. The lowest BCUT2D eigenvalue weighted by molar-refractivity contribution is -0.384. The summed E-state index contributed by atoms with van der Waals surface area (Å²) in [4.78, 5) is 10.7. The van der Waals surface area contributed by atoms with Crippen LogP contribution in [0.5, 0.6) is 11.5 Å². The van der Waals surface area contributed by atoms with Gasteiger partial charge in [0.2, 0.25) is 0 Å². The number of sulfonamides is 1. The molecule has 3 aromatic rings. The van der Waals surface area contributed by atoms with Gasteiger partial charge in [-0.1, -0.05) is 19.1 Å². The summed E-state index contributed by atoms with van der Waals surface area (Å²) in [5.41, 5.74) is 3.76. The highest BCUT2D eigenvalue weighted by atomic mass is 32.2. The van der Waals surface area contributed by atoms with Gasteiger partial charge in [0, 0.05) is 6.07 Å². The average molecular weight is 471 g/mol. The third-order valence-electron chi connectivity index (χ3n) is 4.67. The number of aromatic hydroxyl groups is 1. The van der Waals surface area contributed by atoms with Crippen molar-refractivity contribution < 1.29 is 23.2 Å². The van der Waals surface area contributed by atoms with E-state index in [0.29, 0.717) is 17.9 Å². The van der Waals surface area contributed by atoms with Gasteiger partial charge in [-0.15, -0.1) is 0 Å². The first kappa shape index (κ1) is 23.5. The van der Waals surface area contributed by atoms with E-state index in [9.17, 15) is 23.6 Å². The minimum atomic E-state index is -4.12. The van der Waals surface area contributed by atoms with Crippen LogP contribution in [0.1, 0.15) is 18.9 Å². The molecule has 3 N–H and O–H groups in total. The smallest absolute Gasteiger partial charge is 0.295 e. The Hall–Kier alpha value is -4.12. The molecular formula is C22H22N4O6S. The molecule has 0 heterocycles. The zero-order valence-electron chi connectivity index (χ0n) is 17.8. The fourth-order valence-electron chi connectivity index (χ4n) is 2.99. The second kappa shape index (κ2) is 10.0. The number of hydrogen-bond acceptors (Lipinski definition) is 8. The van der Waals surface area contributed by atoms with Crippen LogP contribution in [0.4, 0.5) is 17.1 Å². The molecule has 0 aliphatic rings. The number of benzene rings is 3. The van der Waals surface area contributed by atoms with Crippen LogP contribution < -0.4 is 14.9 Å². The lowest BCUT2D eigenvalue weighted by Crippen LogP contribution is -2.14. The number of nitrogens with zero attached hydrogens (tertiary/aromatic N) is 2. The maximum atomic E-state index is 12.8. The molecule has 0 atom stereocenters. The second-order valence-electron chi connectivity index (χ2n) is 6.81. The fraction of sp³-hybridized carbons (Fsp3) is 0.136. The number of anilines is 2. The molecule has 0 saturated carbocycles. The Morgan fingerprint density at radius 2 is 1.79 bits per heavy atom. The van der Waals surface area contributed by atoms with Gasteiger partial charge >= 0.3 is 0 Å². The van der Waals surface area contributed by atoms with E-state index in [2.05, 4.69) is 15.2 Å². The van der Waals surface area contributed by atoms with Crippen LogP contribution in [0.2, 0.25) is 0 Å². The first-order chi connectivity index (χ1) is 15.7. The summed E-state index contributed by atoms with van der Waals surface area (Å²) in [6, 6.07) is 16.3. The first-order valence-corrected chi connectivity index (χ1v) is 11.3. The van der Waals surface area contributed by atoms with Gasteiger partial charge in [0.25, 0.3) is 15.7 Å². The van der Waals surface area contributed by atoms with Crippen molar-refractivity contribution in [2.75, 3.05) is 17.3 Å². The average Bonchev–Trinajstić information content (AvgIpc) is 2.80. The van der Waals surface area contributed by atoms with Crippen molar-refractivity contribution in [1.29, 1.82) is 0 Å². The summed E-state index contributed by atoms with van der Waals surface area (Å²) < 4.78 is 33.2. The summed E-state index contributed by atoms with van der Waals surface area (Å²) in [7, 11) is -2.72. The van der Waals surface area contributed by atoms with Gasteiger partial charge in [0.15, 0.2) is 0 Å². The van der Waals surface area contributed by atoms with Gasteiger partial charge in [0.05, 0.1) is 28.3 Å². The molecular weight excluding hydrogens is 448 g/mol. The minimum Gasteiger partial charge on any atom is -0.508 e. The van der Waals surface area contributed by atoms with Crippen molar-refractivity contribution >= 4 is 32.8 Å². The first-order valence-electron chi connectivity index (χ1n) is 9.81. The van der Waals surface area contributed by atoms with Gasteiger partial charge in [-0.25, -0.2) is 8.42 Å². The molecule has 33 heavy (non-hydrogen) atoms. The van der Waals surface area contributed by atoms with Gasteiger partial charge in [-0.2, -0.15) is 5.10 Å². The molecule has 11 heteroatoms. The fourth-order valence-corrected chi connectivity index (χ4v) is 4.08. The number of hydrogen-bond donors (Lipinski definition) is 3. The van der Waals surface area contributed by atoms with Crippen LogP contribution in [-0.2, 0) is 10.0 Å². The van der Waals surface area contributed by atoms with Gasteiger partial charge in [-0.05, 0) is 60.5 Å². The zero-order chi connectivity index (χ0) is 24.0. The molecule has 3 aromatic carbocycles. The Morgan fingerprint density at radius 1 is 1.09 bits per heavy atom.